The Bertz CT molecular complexity index is 2250. The van der Waals surface area contributed by atoms with E-state index in [1.54, 1.807) is 66.7 Å². The van der Waals surface area contributed by atoms with Gasteiger partial charge in [0, 0.05) is 43.9 Å². The summed E-state index contributed by atoms with van der Waals surface area (Å²) in [7, 11) is 1.36. The summed E-state index contributed by atoms with van der Waals surface area (Å²) in [4.78, 5) is 123. The molecule has 19 nitrogen and oxygen atoms in total. The average Bonchev–Trinajstić information content (AvgIpc) is 3.89. The number of hydrogen-bond acceptors (Lipinski definition) is 11. The Morgan fingerprint density at radius 3 is 1.80 bits per heavy atom. The third-order valence-corrected chi connectivity index (χ3v) is 12.2. The van der Waals surface area contributed by atoms with E-state index in [0.29, 0.717) is 41.8 Å². The fraction of sp³-hybridized carbons (Fsp3) is 0.471. The maximum Gasteiger partial charge on any atom is 0.245 e. The summed E-state index contributed by atoms with van der Waals surface area (Å²) in [6.07, 6.45) is 2.91. The number of rotatable bonds is 29. The Hall–Kier alpha value is -7.16. The number of nitrogens with zero attached hydrogens (tertiary/aromatic N) is 1. The van der Waals surface area contributed by atoms with Crippen LogP contribution in [-0.4, -0.2) is 133 Å². The van der Waals surface area contributed by atoms with Gasteiger partial charge in [0.25, 0.3) is 0 Å². The molecule has 0 unspecified atom stereocenters. The van der Waals surface area contributed by atoms with Gasteiger partial charge in [0.15, 0.2) is 0 Å². The molecule has 11 N–H and O–H groups in total. The van der Waals surface area contributed by atoms with E-state index in [9.17, 15) is 43.2 Å². The molecule has 0 aliphatic carbocycles. The quantitative estimate of drug-likeness (QED) is 0.0431. The Labute approximate surface area is 419 Å². The SMILES string of the molecule is CSCC[C@H](NC(=O)[C@H](CC(C)C)NC(=O)CN(C)C(=O)[C@H](Cc1c#cccc1)NC(=O)[C@H](Cc1ccccc1)NC(=O)[C@H](CCC(N)=O)NC(=O)[C@H](Cc1c#cccc1)NC(=O)[C@@H]1CCCN1)C(N)=O. The van der Waals surface area contributed by atoms with Crippen molar-refractivity contribution in [1.29, 1.82) is 0 Å². The Kier molecular flexibility index (Phi) is 23.1. The number of benzene rings is 1. The van der Waals surface area contributed by atoms with Crippen LogP contribution in [0.4, 0.5) is 0 Å². The predicted octanol–water partition coefficient (Wildman–Crippen LogP) is -0.416. The smallest absolute Gasteiger partial charge is 0.245 e. The molecule has 0 radical (unpaired) electrons. The molecule has 0 aromatic heterocycles. The van der Waals surface area contributed by atoms with Gasteiger partial charge in [-0.25, -0.2) is 0 Å². The van der Waals surface area contributed by atoms with E-state index in [-0.39, 0.29) is 44.4 Å². The third kappa shape index (κ3) is 19.6. The highest BCUT2D eigenvalue weighted by Crippen LogP contribution is 2.12. The van der Waals surface area contributed by atoms with Gasteiger partial charge in [-0.2, -0.15) is 11.8 Å². The van der Waals surface area contributed by atoms with Gasteiger partial charge in [0.2, 0.25) is 53.2 Å². The van der Waals surface area contributed by atoms with Gasteiger partial charge < -0.3 is 53.6 Å². The standard InChI is InChI=1S/C51H66N10O9S/c1-32(2)27-39(48(67)56-36(45(53)64)24-26-71-4)55-44(63)31-61(3)51(70)42(30-35-19-12-7-13-20-35)60-50(69)41(29-34-17-10-6-11-18-34)59-47(66)38(22-23-43(52)62)57-49(68)40(28-33-15-8-5-9-16-33)58-46(65)37-21-14-25-54-37/h5-8,10-12,15,17-19,32,36-42,54H,14,21-31H2,1-4H3,(H2,52,62)(H2,53,64)(H,55,63)(H,56,67)(H,57,68)(H,58,65)(H,59,66)(H,60,69)/t36-,37-,38-,39-,40-,41-,42-/m0/s1. The second-order valence-electron chi connectivity index (χ2n) is 17.8. The number of amides is 9. The zero-order valence-corrected chi connectivity index (χ0v) is 41.5. The minimum Gasteiger partial charge on any atom is -0.370 e. The number of carbonyl (C=O) groups is 9. The van der Waals surface area contributed by atoms with Gasteiger partial charge in [-0.05, 0) is 86.4 Å². The molecule has 1 aliphatic heterocycles. The van der Waals surface area contributed by atoms with Crippen molar-refractivity contribution in [2.75, 3.05) is 32.1 Å². The van der Waals surface area contributed by atoms with E-state index in [0.717, 1.165) is 11.3 Å². The number of thioether (sulfide) groups is 1. The lowest BCUT2D eigenvalue weighted by Gasteiger charge is -2.28. The first-order chi connectivity index (χ1) is 33.9. The summed E-state index contributed by atoms with van der Waals surface area (Å²) in [5.41, 5.74) is 12.7. The van der Waals surface area contributed by atoms with Crippen molar-refractivity contribution in [3.05, 3.63) is 108 Å². The van der Waals surface area contributed by atoms with Crippen LogP contribution in [0.2, 0.25) is 0 Å². The first-order valence-corrected chi connectivity index (χ1v) is 25.0. The van der Waals surface area contributed by atoms with Crippen molar-refractivity contribution in [2.24, 2.45) is 17.4 Å². The van der Waals surface area contributed by atoms with Crippen molar-refractivity contribution in [3.63, 3.8) is 0 Å². The van der Waals surface area contributed by atoms with Crippen LogP contribution in [0.5, 0.6) is 0 Å². The van der Waals surface area contributed by atoms with Gasteiger partial charge in [-0.1, -0.05) is 80.6 Å². The molecular formula is C51H66N10O9S. The molecule has 0 saturated carbocycles. The number of nitrogens with two attached hydrogens (primary N) is 2. The highest BCUT2D eigenvalue weighted by Gasteiger charge is 2.35. The maximum atomic E-state index is 14.5. The fourth-order valence-electron chi connectivity index (χ4n) is 7.77. The molecule has 1 fully saturated rings. The van der Waals surface area contributed by atoms with E-state index >= 15 is 0 Å². The second kappa shape index (κ2) is 29.1. The minimum atomic E-state index is -1.42. The number of primary amides is 2. The molecule has 20 heteroatoms. The first kappa shape index (κ1) is 56.4. The van der Waals surface area contributed by atoms with Gasteiger partial charge in [-0.15, -0.1) is 0 Å². The highest BCUT2D eigenvalue weighted by atomic mass is 32.2. The molecule has 4 rings (SSSR count). The third-order valence-electron chi connectivity index (χ3n) is 11.5. The molecule has 3 aromatic carbocycles. The van der Waals surface area contributed by atoms with E-state index in [2.05, 4.69) is 61.5 Å². The molecular weight excluding hydrogens is 929 g/mol. The van der Waals surface area contributed by atoms with Crippen LogP contribution in [-0.2, 0) is 62.4 Å². The highest BCUT2D eigenvalue weighted by molar-refractivity contribution is 7.98. The first-order valence-electron chi connectivity index (χ1n) is 23.6. The van der Waals surface area contributed by atoms with Crippen LogP contribution in [0.25, 0.3) is 0 Å². The fourth-order valence-corrected chi connectivity index (χ4v) is 8.24. The molecule has 0 spiro atoms. The molecule has 1 saturated heterocycles. The molecule has 1 aliphatic rings. The van der Waals surface area contributed by atoms with E-state index in [4.69, 9.17) is 11.5 Å². The molecule has 9 amide bonds. The Morgan fingerprint density at radius 2 is 1.25 bits per heavy atom. The normalized spacial score (nSPS) is 15.4. The number of hydrogen-bond donors (Lipinski definition) is 9. The van der Waals surface area contributed by atoms with Crippen LogP contribution in [0.15, 0.2) is 66.7 Å². The Morgan fingerprint density at radius 1 is 0.690 bits per heavy atom. The predicted molar refractivity (Wildman–Crippen MR) is 266 cm³/mol. The largest absolute Gasteiger partial charge is 0.370 e. The van der Waals surface area contributed by atoms with E-state index in [1.807, 2.05) is 20.1 Å². The molecule has 0 bridgehead atoms. The lowest BCUT2D eigenvalue weighted by Crippen LogP contribution is -2.60. The number of carbonyl (C=O) groups excluding carboxylic acids is 9. The number of likely N-dealkylation sites (N-methyl/N-ethyl adjacent to an activating group) is 1. The van der Waals surface area contributed by atoms with Crippen LogP contribution < -0.4 is 48.7 Å². The maximum absolute atomic E-state index is 14.5. The van der Waals surface area contributed by atoms with Crippen LogP contribution in [0.1, 0.15) is 69.1 Å². The lowest BCUT2D eigenvalue weighted by atomic mass is 10.0. The summed E-state index contributed by atoms with van der Waals surface area (Å²) < 4.78 is 0. The molecule has 380 valence electrons. The summed E-state index contributed by atoms with van der Waals surface area (Å²) in [5.74, 6) is -5.78. The zero-order chi connectivity index (χ0) is 51.9. The van der Waals surface area contributed by atoms with Crippen molar-refractivity contribution in [2.45, 2.75) is 114 Å². The molecule has 1 heterocycles. The van der Waals surface area contributed by atoms with Gasteiger partial charge in [0.05, 0.1) is 12.6 Å². The van der Waals surface area contributed by atoms with Crippen LogP contribution in [0.3, 0.4) is 0 Å². The minimum absolute atomic E-state index is 0.00329. The van der Waals surface area contributed by atoms with Gasteiger partial charge >= 0.3 is 0 Å². The van der Waals surface area contributed by atoms with Crippen LogP contribution in [0, 0.1) is 30.2 Å². The van der Waals surface area contributed by atoms with E-state index < -0.39 is 102 Å². The van der Waals surface area contributed by atoms with Crippen LogP contribution >= 0.6 is 11.8 Å². The van der Waals surface area contributed by atoms with Crippen molar-refractivity contribution in [1.82, 2.24) is 42.1 Å². The second-order valence-corrected chi connectivity index (χ2v) is 18.8. The lowest BCUT2D eigenvalue weighted by molar-refractivity contribution is -0.139. The van der Waals surface area contributed by atoms with Gasteiger partial charge in [-0.3, -0.25) is 43.2 Å². The van der Waals surface area contributed by atoms with Crippen molar-refractivity contribution in [3.8, 4) is 0 Å². The molecule has 7 atom stereocenters. The van der Waals surface area contributed by atoms with Crippen molar-refractivity contribution >= 4 is 64.9 Å². The monoisotopic (exact) mass is 994 g/mol. The summed E-state index contributed by atoms with van der Waals surface area (Å²) in [5, 5.41) is 19.4. The summed E-state index contributed by atoms with van der Waals surface area (Å²) in [6.45, 7) is 3.81. The van der Waals surface area contributed by atoms with Gasteiger partial charge in [0.1, 0.15) is 36.3 Å². The average molecular weight is 995 g/mol. The Balaban J connectivity index is 1.58. The molecule has 71 heavy (non-hydrogen) atoms. The summed E-state index contributed by atoms with van der Waals surface area (Å²) >= 11 is 1.48. The summed E-state index contributed by atoms with van der Waals surface area (Å²) in [6, 6.07) is 22.4. The van der Waals surface area contributed by atoms with E-state index in [1.165, 1.54) is 18.8 Å². The number of nitrogens with one attached hydrogen (secondary N) is 7. The van der Waals surface area contributed by atoms with Crippen molar-refractivity contribution < 1.29 is 43.2 Å². The molecule has 3 aromatic rings. The zero-order valence-electron chi connectivity index (χ0n) is 40.6. The topological polar surface area (TPSA) is 293 Å².